The van der Waals surface area contributed by atoms with Crippen LogP contribution in [-0.2, 0) is 30.9 Å². The average Bonchev–Trinajstić information content (AvgIpc) is 3.30. The normalized spacial score (nSPS) is 19.6. The highest BCUT2D eigenvalue weighted by atomic mass is 32.2. The first-order chi connectivity index (χ1) is 19.7. The summed E-state index contributed by atoms with van der Waals surface area (Å²) in [4.78, 5) is 37.3. The Bertz CT molecular complexity index is 1560. The number of aromatic amines is 1. The molecule has 0 radical (unpaired) electrons. The molecule has 13 heteroatoms. The van der Waals surface area contributed by atoms with Crippen LogP contribution in [0, 0.1) is 0 Å². The van der Waals surface area contributed by atoms with Crippen molar-refractivity contribution in [2.45, 2.75) is 17.9 Å². The highest BCUT2D eigenvalue weighted by Gasteiger charge is 2.26. The lowest BCUT2D eigenvalue weighted by Crippen LogP contribution is -2.47. The molecule has 2 aliphatic rings. The number of rotatable bonds is 3. The molecule has 218 valence electrons. The molecule has 0 unspecified atom stereocenters. The van der Waals surface area contributed by atoms with E-state index in [0.717, 1.165) is 23.0 Å². The van der Waals surface area contributed by atoms with Gasteiger partial charge in [-0.05, 0) is 29.8 Å². The molecule has 3 aromatic rings. The van der Waals surface area contributed by atoms with E-state index in [9.17, 15) is 23.1 Å². The minimum absolute atomic E-state index is 0.00773. The molecule has 1 aromatic heterocycles. The zero-order valence-electron chi connectivity index (χ0n) is 22.9. The minimum atomic E-state index is -4.02. The number of nitrogens with one attached hydrogen (secondary N) is 2. The number of likely N-dealkylation sites (N-methyl/N-ethyl adjacent to an activating group) is 1. The van der Waals surface area contributed by atoms with Gasteiger partial charge in [0.2, 0.25) is 21.8 Å². The first-order valence-electron chi connectivity index (χ1n) is 13.5. The number of hydrogen-bond acceptors (Lipinski definition) is 8. The summed E-state index contributed by atoms with van der Waals surface area (Å²) in [7, 11) is -2.66. The molecule has 12 nitrogen and oxygen atoms in total. The standard InChI is InChI=1S/C28H34N6O6S/c1-32-19-26(36)34(11-10-33-12-14-40-15-13-33)9-8-25(35)30-17-20-4-2-7-24-27(20)23(28(37)31-24)18-29-21-5-3-6-22(16-21)41(32,38)39/h2-7,16,18,31,37H,8-15,17,19H2,1H3,(H,30,35). The lowest BCUT2D eigenvalue weighted by atomic mass is 10.1. The van der Waals surface area contributed by atoms with E-state index in [4.69, 9.17) is 4.74 Å². The van der Waals surface area contributed by atoms with Gasteiger partial charge in [0.15, 0.2) is 5.88 Å². The molecule has 0 atom stereocenters. The summed E-state index contributed by atoms with van der Waals surface area (Å²) in [6.07, 6.45) is 1.52. The summed E-state index contributed by atoms with van der Waals surface area (Å²) in [5, 5.41) is 14.2. The number of morpholine rings is 1. The van der Waals surface area contributed by atoms with Crippen LogP contribution in [0.2, 0.25) is 0 Å². The number of aliphatic imine (C=N–C) groups is 1. The van der Waals surface area contributed by atoms with Gasteiger partial charge < -0.3 is 25.0 Å². The number of carbonyl (C=O) groups is 2. The number of aromatic nitrogens is 1. The van der Waals surface area contributed by atoms with Crippen LogP contribution in [0.15, 0.2) is 52.4 Å². The molecule has 0 aliphatic carbocycles. The van der Waals surface area contributed by atoms with Crippen molar-refractivity contribution in [1.29, 1.82) is 0 Å². The minimum Gasteiger partial charge on any atom is -0.494 e. The maximum absolute atomic E-state index is 13.4. The second kappa shape index (κ2) is 12.4. The first kappa shape index (κ1) is 28.7. The Hall–Kier alpha value is -3.78. The van der Waals surface area contributed by atoms with Crippen LogP contribution in [-0.4, -0.2) is 110 Å². The van der Waals surface area contributed by atoms with Crippen molar-refractivity contribution in [3.63, 3.8) is 0 Å². The zero-order chi connectivity index (χ0) is 29.0. The number of amides is 2. The van der Waals surface area contributed by atoms with Crippen LogP contribution in [0.25, 0.3) is 10.9 Å². The third kappa shape index (κ3) is 6.59. The Morgan fingerprint density at radius 1 is 1.05 bits per heavy atom. The van der Waals surface area contributed by atoms with E-state index in [-0.39, 0.29) is 48.6 Å². The van der Waals surface area contributed by atoms with Gasteiger partial charge in [-0.3, -0.25) is 19.5 Å². The molecule has 41 heavy (non-hydrogen) atoms. The van der Waals surface area contributed by atoms with E-state index in [0.29, 0.717) is 48.5 Å². The van der Waals surface area contributed by atoms with Crippen LogP contribution in [0.3, 0.4) is 0 Å². The number of benzene rings is 2. The van der Waals surface area contributed by atoms with Crippen LogP contribution >= 0.6 is 0 Å². The van der Waals surface area contributed by atoms with Crippen molar-refractivity contribution in [1.82, 2.24) is 24.4 Å². The summed E-state index contributed by atoms with van der Waals surface area (Å²) in [5.41, 5.74) is 2.23. The molecular weight excluding hydrogens is 548 g/mol. The van der Waals surface area contributed by atoms with Crippen LogP contribution < -0.4 is 5.32 Å². The maximum atomic E-state index is 13.4. The molecule has 3 N–H and O–H groups in total. The van der Waals surface area contributed by atoms with Gasteiger partial charge in [0.1, 0.15) is 0 Å². The van der Waals surface area contributed by atoms with Crippen LogP contribution in [0.5, 0.6) is 5.88 Å². The Labute approximate surface area is 238 Å². The van der Waals surface area contributed by atoms with Gasteiger partial charge in [-0.1, -0.05) is 18.2 Å². The fourth-order valence-electron chi connectivity index (χ4n) is 4.99. The number of H-pyrrole nitrogens is 1. The molecule has 2 amide bonds. The monoisotopic (exact) mass is 582 g/mol. The molecule has 2 bridgehead atoms. The molecule has 1 fully saturated rings. The molecular formula is C28H34N6O6S. The quantitative estimate of drug-likeness (QED) is 0.423. The predicted molar refractivity (Wildman–Crippen MR) is 154 cm³/mol. The molecule has 3 heterocycles. The second-order valence-electron chi connectivity index (χ2n) is 10.1. The van der Waals surface area contributed by atoms with Gasteiger partial charge in [0.05, 0.1) is 35.9 Å². The molecule has 2 aromatic carbocycles. The average molecular weight is 583 g/mol. The van der Waals surface area contributed by atoms with Gasteiger partial charge >= 0.3 is 0 Å². The van der Waals surface area contributed by atoms with Gasteiger partial charge in [-0.15, -0.1) is 0 Å². The summed E-state index contributed by atoms with van der Waals surface area (Å²) < 4.78 is 33.2. The Kier molecular flexibility index (Phi) is 8.68. The molecule has 5 rings (SSSR count). The Morgan fingerprint density at radius 2 is 1.83 bits per heavy atom. The molecule has 2 aliphatic heterocycles. The number of sulfonamides is 1. The fourth-order valence-corrected chi connectivity index (χ4v) is 6.15. The summed E-state index contributed by atoms with van der Waals surface area (Å²) in [5.74, 6) is -0.724. The maximum Gasteiger partial charge on any atom is 0.243 e. The highest BCUT2D eigenvalue weighted by Crippen LogP contribution is 2.30. The predicted octanol–water partition coefficient (Wildman–Crippen LogP) is 1.43. The van der Waals surface area contributed by atoms with E-state index >= 15 is 0 Å². The number of aromatic hydroxyl groups is 1. The van der Waals surface area contributed by atoms with Gasteiger partial charge in [0, 0.05) is 69.9 Å². The third-order valence-electron chi connectivity index (χ3n) is 7.38. The number of ether oxygens (including phenoxy) is 1. The van der Waals surface area contributed by atoms with E-state index < -0.39 is 10.0 Å². The number of hydrogen-bond donors (Lipinski definition) is 3. The lowest BCUT2D eigenvalue weighted by molar-refractivity contribution is -0.132. The first-order valence-corrected chi connectivity index (χ1v) is 14.9. The van der Waals surface area contributed by atoms with Crippen LogP contribution in [0.1, 0.15) is 17.5 Å². The Morgan fingerprint density at radius 3 is 2.63 bits per heavy atom. The molecule has 0 saturated carbocycles. The fraction of sp³-hybridized carbons (Fsp3) is 0.393. The molecule has 0 spiro atoms. The number of fused-ring (bicyclic) bond motifs is 2. The van der Waals surface area contributed by atoms with E-state index in [2.05, 4.69) is 20.2 Å². The summed E-state index contributed by atoms with van der Waals surface area (Å²) in [6, 6.07) is 11.6. The molecule has 1 saturated heterocycles. The van der Waals surface area contributed by atoms with Crippen molar-refractivity contribution >= 4 is 44.6 Å². The van der Waals surface area contributed by atoms with Gasteiger partial charge in [-0.2, -0.15) is 4.31 Å². The SMILES string of the molecule is CN1CC(=O)N(CCN2CCOCC2)CCC(=O)NCc2cccc3[nH]c(O)c(c23)C=Nc2cccc(c2)S1(=O)=O. The smallest absolute Gasteiger partial charge is 0.243 e. The topological polar surface area (TPSA) is 148 Å². The second-order valence-corrected chi connectivity index (χ2v) is 12.2. The van der Waals surface area contributed by atoms with Crippen molar-refractivity contribution in [3.8, 4) is 5.88 Å². The zero-order valence-corrected chi connectivity index (χ0v) is 23.7. The largest absolute Gasteiger partial charge is 0.494 e. The van der Waals surface area contributed by atoms with Crippen molar-refractivity contribution in [2.24, 2.45) is 4.99 Å². The summed E-state index contributed by atoms with van der Waals surface area (Å²) >= 11 is 0. The third-order valence-corrected chi connectivity index (χ3v) is 9.18. The van der Waals surface area contributed by atoms with Crippen molar-refractivity contribution in [2.75, 3.05) is 59.5 Å². The number of nitrogens with zero attached hydrogens (tertiary/aromatic N) is 4. The van der Waals surface area contributed by atoms with E-state index in [1.54, 1.807) is 17.0 Å². The van der Waals surface area contributed by atoms with Crippen LogP contribution in [0.4, 0.5) is 5.69 Å². The Balaban J connectivity index is 1.48. The lowest BCUT2D eigenvalue weighted by Gasteiger charge is -2.31. The highest BCUT2D eigenvalue weighted by molar-refractivity contribution is 7.89. The van der Waals surface area contributed by atoms with Gasteiger partial charge in [-0.25, -0.2) is 8.42 Å². The van der Waals surface area contributed by atoms with E-state index in [1.165, 1.54) is 25.4 Å². The summed E-state index contributed by atoms with van der Waals surface area (Å²) in [6.45, 7) is 3.67. The van der Waals surface area contributed by atoms with Crippen molar-refractivity contribution in [3.05, 3.63) is 53.6 Å². The number of carbonyl (C=O) groups excluding carboxylic acids is 2. The van der Waals surface area contributed by atoms with E-state index in [1.807, 2.05) is 18.2 Å². The van der Waals surface area contributed by atoms with Gasteiger partial charge in [0.25, 0.3) is 0 Å². The van der Waals surface area contributed by atoms with Crippen molar-refractivity contribution < 1.29 is 27.9 Å².